The number of anilines is 1. The van der Waals surface area contributed by atoms with Crippen LogP contribution in [0.2, 0.25) is 0 Å². The van der Waals surface area contributed by atoms with Gasteiger partial charge in [-0.25, -0.2) is 13.2 Å². The molecule has 2 aliphatic rings. The zero-order valence-corrected chi connectivity index (χ0v) is 24.9. The molecule has 0 radical (unpaired) electrons. The van der Waals surface area contributed by atoms with Crippen LogP contribution in [0.3, 0.4) is 0 Å². The van der Waals surface area contributed by atoms with Crippen LogP contribution in [0.4, 0.5) is 5.69 Å². The number of nitrogens with zero attached hydrogens (tertiary/aromatic N) is 2. The molecule has 1 fully saturated rings. The lowest BCUT2D eigenvalue weighted by atomic mass is 10.0. The first-order chi connectivity index (χ1) is 18.2. The number of sulfonamides is 2. The number of carbonyl (C=O) groups excluding carboxylic acids is 1. The Hall–Kier alpha value is -2.88. The highest BCUT2D eigenvalue weighted by atomic mass is 32.2. The SMILES string of the molecule is CCOC(=O)C1=C(N[C@@H](c2cc(C)c(C)o2)C(C)C)C(Nc2csc(S(=O)(=O)N(C)C3CC3)c2O)=NS1(=O)=O. The lowest BCUT2D eigenvalue weighted by Crippen LogP contribution is -2.32. The quantitative estimate of drug-likeness (QED) is 0.344. The van der Waals surface area contributed by atoms with Crippen molar-refractivity contribution in [2.75, 3.05) is 19.0 Å². The molecule has 1 atom stereocenters. The van der Waals surface area contributed by atoms with Crippen molar-refractivity contribution in [2.24, 2.45) is 10.3 Å². The van der Waals surface area contributed by atoms with Crippen molar-refractivity contribution in [1.82, 2.24) is 9.62 Å². The van der Waals surface area contributed by atoms with E-state index in [9.17, 15) is 26.7 Å². The van der Waals surface area contributed by atoms with E-state index in [2.05, 4.69) is 15.0 Å². The number of aryl methyl sites for hydroxylation is 2. The van der Waals surface area contributed by atoms with Crippen molar-refractivity contribution in [3.63, 3.8) is 0 Å². The van der Waals surface area contributed by atoms with Gasteiger partial charge in [-0.15, -0.1) is 15.7 Å². The highest BCUT2D eigenvalue weighted by Crippen LogP contribution is 2.42. The van der Waals surface area contributed by atoms with E-state index in [1.807, 2.05) is 26.8 Å². The van der Waals surface area contributed by atoms with Gasteiger partial charge < -0.3 is 24.9 Å². The van der Waals surface area contributed by atoms with E-state index in [0.29, 0.717) is 11.5 Å². The van der Waals surface area contributed by atoms with Gasteiger partial charge in [-0.3, -0.25) is 0 Å². The van der Waals surface area contributed by atoms with Gasteiger partial charge in [-0.05, 0) is 51.2 Å². The Morgan fingerprint density at radius 1 is 1.33 bits per heavy atom. The maximum atomic E-state index is 13.0. The molecule has 15 heteroatoms. The number of ether oxygens (including phenoxy) is 1. The monoisotopic (exact) mass is 600 g/mol. The largest absolute Gasteiger partial charge is 0.504 e. The van der Waals surface area contributed by atoms with E-state index >= 15 is 0 Å². The highest BCUT2D eigenvalue weighted by Gasteiger charge is 2.42. The fourth-order valence-corrected chi connectivity index (χ4v) is 8.02. The summed E-state index contributed by atoms with van der Waals surface area (Å²) in [6, 6.07) is 1.13. The summed E-state index contributed by atoms with van der Waals surface area (Å²) in [6.07, 6.45) is 1.48. The van der Waals surface area contributed by atoms with Crippen LogP contribution < -0.4 is 10.6 Å². The topological polar surface area (TPSA) is 168 Å². The minimum Gasteiger partial charge on any atom is -0.504 e. The zero-order chi connectivity index (χ0) is 28.9. The Morgan fingerprint density at radius 3 is 2.54 bits per heavy atom. The van der Waals surface area contributed by atoms with Crippen molar-refractivity contribution in [3.05, 3.63) is 39.1 Å². The molecule has 0 aromatic carbocycles. The van der Waals surface area contributed by atoms with Crippen molar-refractivity contribution in [3.8, 4) is 5.75 Å². The van der Waals surface area contributed by atoms with Gasteiger partial charge in [0, 0.05) is 18.5 Å². The van der Waals surface area contributed by atoms with Gasteiger partial charge >= 0.3 is 5.97 Å². The number of aromatic hydroxyl groups is 1. The fraction of sp³-hybridized carbons (Fsp3) is 0.500. The first kappa shape index (κ1) is 29.1. The van der Waals surface area contributed by atoms with Gasteiger partial charge in [0.2, 0.25) is 4.91 Å². The summed E-state index contributed by atoms with van der Waals surface area (Å²) in [5.74, 6) is -0.880. The van der Waals surface area contributed by atoms with Crippen LogP contribution in [-0.4, -0.2) is 57.7 Å². The third-order valence-corrected chi connectivity index (χ3v) is 11.2. The summed E-state index contributed by atoms with van der Waals surface area (Å²) in [4.78, 5) is 12.1. The van der Waals surface area contributed by atoms with Gasteiger partial charge in [-0.2, -0.15) is 12.7 Å². The van der Waals surface area contributed by atoms with E-state index in [-0.39, 0.29) is 40.0 Å². The first-order valence-corrected chi connectivity index (χ1v) is 16.1. The predicted molar refractivity (Wildman–Crippen MR) is 146 cm³/mol. The minimum atomic E-state index is -4.50. The number of hydrogen-bond donors (Lipinski definition) is 3. The Balaban J connectivity index is 1.75. The average molecular weight is 601 g/mol. The summed E-state index contributed by atoms with van der Waals surface area (Å²) in [6.45, 7) is 8.94. The third-order valence-electron chi connectivity index (χ3n) is 6.51. The molecule has 39 heavy (non-hydrogen) atoms. The van der Waals surface area contributed by atoms with Crippen molar-refractivity contribution < 1.29 is 35.9 Å². The van der Waals surface area contributed by atoms with E-state index in [0.717, 1.165) is 29.7 Å². The second-order valence-electron chi connectivity index (χ2n) is 9.76. The van der Waals surface area contributed by atoms with Gasteiger partial charge in [-0.1, -0.05) is 13.8 Å². The number of esters is 1. The molecule has 1 aliphatic heterocycles. The van der Waals surface area contributed by atoms with E-state index in [1.54, 1.807) is 13.8 Å². The third kappa shape index (κ3) is 5.58. The number of hydrogen-bond acceptors (Lipinski definition) is 11. The van der Waals surface area contributed by atoms with Crippen LogP contribution in [0.25, 0.3) is 0 Å². The zero-order valence-electron chi connectivity index (χ0n) is 22.4. The predicted octanol–water partition coefficient (Wildman–Crippen LogP) is 3.36. The Bertz CT molecular complexity index is 1540. The molecular weight excluding hydrogens is 568 g/mol. The average Bonchev–Trinajstić information content (AvgIpc) is 3.47. The van der Waals surface area contributed by atoms with Crippen LogP contribution in [0, 0.1) is 19.8 Å². The van der Waals surface area contributed by atoms with Gasteiger partial charge in [0.15, 0.2) is 15.8 Å². The van der Waals surface area contributed by atoms with Crippen LogP contribution in [0.15, 0.2) is 35.1 Å². The smallest absolute Gasteiger partial charge is 0.354 e. The minimum absolute atomic E-state index is 0.0703. The lowest BCUT2D eigenvalue weighted by Gasteiger charge is -2.23. The molecule has 0 amide bonds. The molecule has 0 bridgehead atoms. The second kappa shape index (κ2) is 10.6. The maximum absolute atomic E-state index is 13.0. The molecule has 4 rings (SSSR count). The standard InChI is InChI=1S/C24H32N4O8S3/c1-7-35-23(30)21-19(26-18(12(2)3)17-10-13(4)14(5)36-17)22(27-38(21,31)32)25-16-11-37-24(20(16)29)39(33,34)28(6)15-8-9-15/h10-12,15,18,26,29H,7-9H2,1-6H3,(H,25,27)/t18-/m1/s1. The Kier molecular flexibility index (Phi) is 7.91. The van der Waals surface area contributed by atoms with E-state index < -0.39 is 42.7 Å². The molecule has 1 aliphatic carbocycles. The lowest BCUT2D eigenvalue weighted by molar-refractivity contribution is -0.137. The number of furan rings is 1. The molecule has 12 nitrogen and oxygen atoms in total. The summed E-state index contributed by atoms with van der Waals surface area (Å²) < 4.78 is 67.7. The molecule has 3 N–H and O–H groups in total. The number of thiophene rings is 1. The number of carbonyl (C=O) groups is 1. The summed E-state index contributed by atoms with van der Waals surface area (Å²) in [7, 11) is -7.02. The van der Waals surface area contributed by atoms with Crippen molar-refractivity contribution in [1.29, 1.82) is 0 Å². The molecular formula is C24H32N4O8S3. The number of nitrogens with one attached hydrogen (secondary N) is 2. The summed E-state index contributed by atoms with van der Waals surface area (Å²) >= 11 is 0.787. The number of rotatable bonds is 10. The summed E-state index contributed by atoms with van der Waals surface area (Å²) in [5.41, 5.74) is 0.645. The van der Waals surface area contributed by atoms with Crippen molar-refractivity contribution >= 4 is 48.9 Å². The van der Waals surface area contributed by atoms with Crippen LogP contribution in [0.5, 0.6) is 5.75 Å². The molecule has 1 saturated carbocycles. The maximum Gasteiger partial charge on any atom is 0.354 e. The van der Waals surface area contributed by atoms with Crippen molar-refractivity contribution in [2.45, 2.75) is 63.8 Å². The first-order valence-electron chi connectivity index (χ1n) is 12.3. The molecule has 3 heterocycles. The molecule has 0 spiro atoms. The van der Waals surface area contributed by atoms with Crippen LogP contribution in [0.1, 0.15) is 56.7 Å². The van der Waals surface area contributed by atoms with E-state index in [1.165, 1.54) is 16.7 Å². The Morgan fingerprint density at radius 2 is 2.00 bits per heavy atom. The summed E-state index contributed by atoms with van der Waals surface area (Å²) in [5, 5.41) is 18.0. The molecule has 214 valence electrons. The Labute approximate surface area is 231 Å². The highest BCUT2D eigenvalue weighted by molar-refractivity contribution is 7.95. The molecule has 2 aromatic rings. The van der Waals surface area contributed by atoms with Crippen LogP contribution in [-0.2, 0) is 29.6 Å². The molecule has 0 unspecified atom stereocenters. The number of amidine groups is 1. The van der Waals surface area contributed by atoms with E-state index in [4.69, 9.17) is 9.15 Å². The normalized spacial score (nSPS) is 18.0. The van der Waals surface area contributed by atoms with Gasteiger partial charge in [0.1, 0.15) is 17.2 Å². The van der Waals surface area contributed by atoms with Gasteiger partial charge in [0.25, 0.3) is 20.0 Å². The molecule has 2 aromatic heterocycles. The van der Waals surface area contributed by atoms with Crippen LogP contribution >= 0.6 is 11.3 Å². The fourth-order valence-electron chi connectivity index (χ4n) is 4.05. The van der Waals surface area contributed by atoms with Gasteiger partial charge in [0.05, 0.1) is 18.3 Å². The second-order valence-corrected chi connectivity index (χ2v) is 14.4. The molecule has 0 saturated heterocycles.